The molecular weight excluding hydrogens is 246 g/mol. The predicted octanol–water partition coefficient (Wildman–Crippen LogP) is -0.257. The zero-order chi connectivity index (χ0) is 14.0. The Morgan fingerprint density at radius 1 is 1.32 bits per heavy atom. The smallest absolute Gasteiger partial charge is 0.330 e. The van der Waals surface area contributed by atoms with Gasteiger partial charge < -0.3 is 14.6 Å². The first-order valence-electron chi connectivity index (χ1n) is 6.51. The molecule has 0 aromatic carbocycles. The quantitative estimate of drug-likeness (QED) is 0.819. The van der Waals surface area contributed by atoms with Gasteiger partial charge in [-0.15, -0.1) is 0 Å². The van der Waals surface area contributed by atoms with Gasteiger partial charge in [0.1, 0.15) is 0 Å². The highest BCUT2D eigenvalue weighted by Crippen LogP contribution is 2.19. The molecule has 1 saturated heterocycles. The van der Waals surface area contributed by atoms with Crippen LogP contribution in [0.4, 0.5) is 0 Å². The Balaban J connectivity index is 2.16. The van der Waals surface area contributed by atoms with Crippen LogP contribution in [-0.2, 0) is 25.4 Å². The Morgan fingerprint density at radius 3 is 2.58 bits per heavy atom. The van der Waals surface area contributed by atoms with Crippen molar-refractivity contribution in [2.75, 3.05) is 13.2 Å². The first-order valence-corrected chi connectivity index (χ1v) is 6.51. The molecule has 1 aromatic heterocycles. The van der Waals surface area contributed by atoms with E-state index in [1.54, 1.807) is 13.2 Å². The SMILES string of the molecule is Cn1cc(CNC2(C)CCOCC2)c(=O)n(C)c1=O. The van der Waals surface area contributed by atoms with Crippen molar-refractivity contribution in [1.82, 2.24) is 14.5 Å². The number of hydrogen-bond donors (Lipinski definition) is 1. The summed E-state index contributed by atoms with van der Waals surface area (Å²) in [5, 5.41) is 3.42. The molecular formula is C13H21N3O3. The van der Waals surface area contributed by atoms with Crippen LogP contribution in [0.25, 0.3) is 0 Å². The van der Waals surface area contributed by atoms with Crippen LogP contribution in [0.15, 0.2) is 15.8 Å². The van der Waals surface area contributed by atoms with Gasteiger partial charge in [0.15, 0.2) is 0 Å². The number of ether oxygens (including phenoxy) is 1. The first kappa shape index (κ1) is 14.0. The summed E-state index contributed by atoms with van der Waals surface area (Å²) in [6, 6.07) is 0. The van der Waals surface area contributed by atoms with Crippen LogP contribution < -0.4 is 16.6 Å². The topological polar surface area (TPSA) is 65.3 Å². The average molecular weight is 267 g/mol. The molecule has 0 spiro atoms. The molecule has 2 rings (SSSR count). The number of aromatic nitrogens is 2. The molecule has 106 valence electrons. The van der Waals surface area contributed by atoms with Crippen molar-refractivity contribution in [1.29, 1.82) is 0 Å². The van der Waals surface area contributed by atoms with Gasteiger partial charge in [-0.1, -0.05) is 0 Å². The summed E-state index contributed by atoms with van der Waals surface area (Å²) in [4.78, 5) is 23.6. The third-order valence-corrected chi connectivity index (χ3v) is 3.82. The van der Waals surface area contributed by atoms with Gasteiger partial charge in [-0.3, -0.25) is 9.36 Å². The van der Waals surface area contributed by atoms with Gasteiger partial charge in [0, 0.05) is 51.2 Å². The molecule has 0 bridgehead atoms. The lowest BCUT2D eigenvalue weighted by molar-refractivity contribution is 0.0445. The second-order valence-electron chi connectivity index (χ2n) is 5.44. The van der Waals surface area contributed by atoms with E-state index < -0.39 is 0 Å². The van der Waals surface area contributed by atoms with Crippen LogP contribution in [0.2, 0.25) is 0 Å². The van der Waals surface area contributed by atoms with E-state index in [9.17, 15) is 9.59 Å². The fourth-order valence-corrected chi connectivity index (χ4v) is 2.31. The summed E-state index contributed by atoms with van der Waals surface area (Å²) in [5.41, 5.74) is 0.0763. The minimum absolute atomic E-state index is 0.00201. The van der Waals surface area contributed by atoms with Crippen LogP contribution in [0, 0.1) is 0 Å². The normalized spacial score (nSPS) is 18.5. The Hall–Kier alpha value is -1.40. The molecule has 6 nitrogen and oxygen atoms in total. The van der Waals surface area contributed by atoms with Gasteiger partial charge in [0.2, 0.25) is 0 Å². The Kier molecular flexibility index (Phi) is 3.91. The van der Waals surface area contributed by atoms with E-state index in [4.69, 9.17) is 4.74 Å². The predicted molar refractivity (Wildman–Crippen MR) is 72.2 cm³/mol. The van der Waals surface area contributed by atoms with Gasteiger partial charge in [-0.2, -0.15) is 0 Å². The van der Waals surface area contributed by atoms with Crippen molar-refractivity contribution in [2.45, 2.75) is 31.8 Å². The Labute approximate surface area is 112 Å². The third-order valence-electron chi connectivity index (χ3n) is 3.82. The van der Waals surface area contributed by atoms with Gasteiger partial charge in [-0.25, -0.2) is 4.79 Å². The number of aryl methyl sites for hydroxylation is 1. The molecule has 1 aromatic rings. The number of nitrogens with one attached hydrogen (secondary N) is 1. The lowest BCUT2D eigenvalue weighted by Crippen LogP contribution is -2.48. The molecule has 2 heterocycles. The maximum Gasteiger partial charge on any atom is 0.330 e. The fraction of sp³-hybridized carbons (Fsp3) is 0.692. The van der Waals surface area contributed by atoms with Crippen molar-refractivity contribution < 1.29 is 4.74 Å². The van der Waals surface area contributed by atoms with Crippen molar-refractivity contribution in [2.24, 2.45) is 14.1 Å². The van der Waals surface area contributed by atoms with Crippen molar-refractivity contribution >= 4 is 0 Å². The largest absolute Gasteiger partial charge is 0.381 e. The molecule has 6 heteroatoms. The molecule has 1 aliphatic heterocycles. The standard InChI is InChI=1S/C13H21N3O3/c1-13(4-6-19-7-5-13)14-8-10-9-15(2)12(18)16(3)11(10)17/h9,14H,4-8H2,1-3H3. The van der Waals surface area contributed by atoms with Crippen LogP contribution in [0.5, 0.6) is 0 Å². The first-order chi connectivity index (χ1) is 8.93. The highest BCUT2D eigenvalue weighted by Gasteiger charge is 2.26. The lowest BCUT2D eigenvalue weighted by atomic mass is 9.92. The molecule has 0 atom stereocenters. The molecule has 1 N–H and O–H groups in total. The van der Waals surface area contributed by atoms with E-state index in [0.717, 1.165) is 30.6 Å². The van der Waals surface area contributed by atoms with Crippen LogP contribution >= 0.6 is 0 Å². The maximum atomic E-state index is 12.0. The average Bonchev–Trinajstić information content (AvgIpc) is 2.40. The molecule has 1 fully saturated rings. The molecule has 0 unspecified atom stereocenters. The van der Waals surface area contributed by atoms with Crippen LogP contribution in [0.1, 0.15) is 25.3 Å². The van der Waals surface area contributed by atoms with E-state index in [0.29, 0.717) is 12.1 Å². The lowest BCUT2D eigenvalue weighted by Gasteiger charge is -2.34. The third kappa shape index (κ3) is 2.96. The summed E-state index contributed by atoms with van der Waals surface area (Å²) in [5.74, 6) is 0. The molecule has 0 amide bonds. The fourth-order valence-electron chi connectivity index (χ4n) is 2.31. The van der Waals surface area contributed by atoms with Gasteiger partial charge in [0.05, 0.1) is 0 Å². The summed E-state index contributed by atoms with van der Waals surface area (Å²) in [6.07, 6.45) is 3.47. The van der Waals surface area contributed by atoms with Gasteiger partial charge >= 0.3 is 5.69 Å². The van der Waals surface area contributed by atoms with Gasteiger partial charge in [-0.05, 0) is 19.8 Å². The van der Waals surface area contributed by atoms with Gasteiger partial charge in [0.25, 0.3) is 5.56 Å². The van der Waals surface area contributed by atoms with E-state index in [1.165, 1.54) is 11.6 Å². The van der Waals surface area contributed by atoms with Crippen LogP contribution in [-0.4, -0.2) is 27.9 Å². The Bertz CT molecular complexity index is 567. The van der Waals surface area contributed by atoms with E-state index in [2.05, 4.69) is 12.2 Å². The molecule has 0 aliphatic carbocycles. The summed E-state index contributed by atoms with van der Waals surface area (Å²) >= 11 is 0. The van der Waals surface area contributed by atoms with Crippen LogP contribution in [0.3, 0.4) is 0 Å². The minimum atomic E-state index is -0.300. The second kappa shape index (κ2) is 5.30. The number of rotatable bonds is 3. The van der Waals surface area contributed by atoms with Crippen molar-refractivity contribution in [3.05, 3.63) is 32.6 Å². The second-order valence-corrected chi connectivity index (χ2v) is 5.44. The number of hydrogen-bond acceptors (Lipinski definition) is 4. The highest BCUT2D eigenvalue weighted by molar-refractivity contribution is 5.06. The number of nitrogens with zero attached hydrogens (tertiary/aromatic N) is 2. The zero-order valence-corrected chi connectivity index (χ0v) is 11.7. The summed E-state index contributed by atoms with van der Waals surface area (Å²) in [7, 11) is 3.16. The van der Waals surface area contributed by atoms with E-state index >= 15 is 0 Å². The highest BCUT2D eigenvalue weighted by atomic mass is 16.5. The maximum absolute atomic E-state index is 12.0. The molecule has 19 heavy (non-hydrogen) atoms. The van der Waals surface area contributed by atoms with E-state index in [-0.39, 0.29) is 16.8 Å². The zero-order valence-electron chi connectivity index (χ0n) is 11.7. The monoisotopic (exact) mass is 267 g/mol. The minimum Gasteiger partial charge on any atom is -0.381 e. The molecule has 1 aliphatic rings. The van der Waals surface area contributed by atoms with Crippen molar-refractivity contribution in [3.63, 3.8) is 0 Å². The summed E-state index contributed by atoms with van der Waals surface area (Å²) in [6.45, 7) is 4.10. The molecule has 0 radical (unpaired) electrons. The molecule has 0 saturated carbocycles. The van der Waals surface area contributed by atoms with E-state index in [1.807, 2.05) is 0 Å². The summed E-state index contributed by atoms with van der Waals surface area (Å²) < 4.78 is 7.92. The Morgan fingerprint density at radius 2 is 1.95 bits per heavy atom. The van der Waals surface area contributed by atoms with Crippen molar-refractivity contribution in [3.8, 4) is 0 Å².